The minimum Gasteiger partial charge on any atom is -0.497 e. The van der Waals surface area contributed by atoms with E-state index in [1.807, 2.05) is 59.5 Å². The van der Waals surface area contributed by atoms with Gasteiger partial charge in [-0.1, -0.05) is 18.2 Å². The van der Waals surface area contributed by atoms with Crippen LogP contribution in [0.15, 0.2) is 59.4 Å². The van der Waals surface area contributed by atoms with Gasteiger partial charge in [-0.3, -0.25) is 9.59 Å². The van der Waals surface area contributed by atoms with Gasteiger partial charge in [-0.15, -0.1) is 0 Å². The molecule has 6 nitrogen and oxygen atoms in total. The fourth-order valence-corrected chi connectivity index (χ4v) is 3.79. The number of amides is 1. The molecule has 3 aromatic rings. The fourth-order valence-electron chi connectivity index (χ4n) is 3.79. The Hall–Kier alpha value is -3.28. The zero-order valence-electron chi connectivity index (χ0n) is 16.6. The van der Waals surface area contributed by atoms with Gasteiger partial charge in [-0.2, -0.15) is 0 Å². The second-order valence-electron chi connectivity index (χ2n) is 7.28. The topological polar surface area (TPSA) is 65.6 Å². The van der Waals surface area contributed by atoms with Crippen LogP contribution in [-0.2, 0) is 11.2 Å². The molecule has 0 radical (unpaired) electrons. The van der Waals surface area contributed by atoms with Crippen molar-refractivity contribution in [3.63, 3.8) is 0 Å². The van der Waals surface area contributed by atoms with E-state index in [4.69, 9.17) is 4.74 Å². The van der Waals surface area contributed by atoms with Crippen LogP contribution in [-0.4, -0.2) is 49.1 Å². The van der Waals surface area contributed by atoms with Crippen molar-refractivity contribution >= 4 is 22.5 Å². The molecule has 29 heavy (non-hydrogen) atoms. The number of hydrogen-bond acceptors (Lipinski definition) is 4. The van der Waals surface area contributed by atoms with Crippen LogP contribution >= 0.6 is 0 Å². The van der Waals surface area contributed by atoms with Gasteiger partial charge in [0.05, 0.1) is 7.11 Å². The minimum atomic E-state index is -0.110. The number of nitrogens with zero attached hydrogens (tertiary/aromatic N) is 2. The van der Waals surface area contributed by atoms with Gasteiger partial charge in [0.15, 0.2) is 0 Å². The van der Waals surface area contributed by atoms with E-state index in [2.05, 4.69) is 9.88 Å². The van der Waals surface area contributed by atoms with Crippen molar-refractivity contribution in [2.45, 2.75) is 12.8 Å². The number of carbonyl (C=O) groups is 1. The first-order valence-corrected chi connectivity index (χ1v) is 9.92. The third-order valence-electron chi connectivity index (χ3n) is 5.51. The van der Waals surface area contributed by atoms with E-state index >= 15 is 0 Å². The van der Waals surface area contributed by atoms with Gasteiger partial charge in [0, 0.05) is 49.4 Å². The second-order valence-corrected chi connectivity index (χ2v) is 7.28. The number of piperazine rings is 1. The number of H-pyrrole nitrogens is 1. The number of benzene rings is 2. The van der Waals surface area contributed by atoms with Gasteiger partial charge in [0.1, 0.15) is 5.75 Å². The van der Waals surface area contributed by atoms with Crippen molar-refractivity contribution in [2.24, 2.45) is 0 Å². The molecule has 150 valence electrons. The molecule has 0 unspecified atom stereocenters. The maximum atomic E-state index is 12.7. The zero-order chi connectivity index (χ0) is 20.2. The van der Waals surface area contributed by atoms with Crippen molar-refractivity contribution in [3.8, 4) is 5.75 Å². The molecule has 0 spiro atoms. The monoisotopic (exact) mass is 391 g/mol. The second kappa shape index (κ2) is 8.39. The highest BCUT2D eigenvalue weighted by atomic mass is 16.5. The summed E-state index contributed by atoms with van der Waals surface area (Å²) in [5, 5.41) is 0.989. The van der Waals surface area contributed by atoms with Crippen molar-refractivity contribution in [2.75, 3.05) is 38.2 Å². The quantitative estimate of drug-likeness (QED) is 0.726. The average molecular weight is 391 g/mol. The third-order valence-corrected chi connectivity index (χ3v) is 5.51. The number of hydrogen-bond donors (Lipinski definition) is 1. The summed E-state index contributed by atoms with van der Waals surface area (Å²) >= 11 is 0. The molecule has 0 bridgehead atoms. The molecule has 0 aliphatic carbocycles. The molecular formula is C23H25N3O3. The summed E-state index contributed by atoms with van der Waals surface area (Å²) in [6.07, 6.45) is 0.807. The van der Waals surface area contributed by atoms with Crippen LogP contribution in [0.25, 0.3) is 10.9 Å². The Morgan fingerprint density at radius 1 is 1.03 bits per heavy atom. The highest BCUT2D eigenvalue weighted by Crippen LogP contribution is 2.21. The standard InChI is InChI=1S/C23H25N3O3/c1-29-20-9-7-19(8-10-20)25-12-14-26(15-13-25)22(27)11-6-18-16-17-4-2-3-5-21(17)24-23(18)28/h2-5,7-10,16H,6,11-15H2,1H3,(H,24,28). The predicted octanol–water partition coefficient (Wildman–Crippen LogP) is 2.82. The van der Waals surface area contributed by atoms with Crippen molar-refractivity contribution in [1.82, 2.24) is 9.88 Å². The predicted molar refractivity (Wildman–Crippen MR) is 115 cm³/mol. The van der Waals surface area contributed by atoms with Crippen LogP contribution in [0.4, 0.5) is 5.69 Å². The Kier molecular flexibility index (Phi) is 5.51. The molecule has 6 heteroatoms. The number of nitrogens with one attached hydrogen (secondary N) is 1. The van der Waals surface area contributed by atoms with E-state index < -0.39 is 0 Å². The Bertz CT molecular complexity index is 1050. The lowest BCUT2D eigenvalue weighted by atomic mass is 10.1. The normalized spacial score (nSPS) is 14.2. The van der Waals surface area contributed by atoms with E-state index in [0.717, 1.165) is 35.4 Å². The Morgan fingerprint density at radius 3 is 2.48 bits per heavy atom. The molecule has 1 saturated heterocycles. The van der Waals surface area contributed by atoms with E-state index in [-0.39, 0.29) is 11.5 Å². The van der Waals surface area contributed by atoms with Crippen LogP contribution < -0.4 is 15.2 Å². The smallest absolute Gasteiger partial charge is 0.251 e. The van der Waals surface area contributed by atoms with Crippen LogP contribution in [0.5, 0.6) is 5.75 Å². The van der Waals surface area contributed by atoms with Gasteiger partial charge in [0.2, 0.25) is 5.91 Å². The van der Waals surface area contributed by atoms with Gasteiger partial charge < -0.3 is 19.5 Å². The molecule has 0 saturated carbocycles. The summed E-state index contributed by atoms with van der Waals surface area (Å²) in [5.74, 6) is 0.943. The molecule has 2 aromatic carbocycles. The number of methoxy groups -OCH3 is 1. The SMILES string of the molecule is COc1ccc(N2CCN(C(=O)CCc3cc4ccccc4[nH]c3=O)CC2)cc1. The Balaban J connectivity index is 1.33. The average Bonchev–Trinajstić information content (AvgIpc) is 2.77. The van der Waals surface area contributed by atoms with Crippen LogP contribution in [0.2, 0.25) is 0 Å². The highest BCUT2D eigenvalue weighted by molar-refractivity contribution is 5.79. The van der Waals surface area contributed by atoms with Crippen LogP contribution in [0.3, 0.4) is 0 Å². The summed E-state index contributed by atoms with van der Waals surface area (Å²) in [6, 6.07) is 17.6. The first-order valence-electron chi connectivity index (χ1n) is 9.92. The summed E-state index contributed by atoms with van der Waals surface area (Å²) in [7, 11) is 1.66. The zero-order valence-corrected chi connectivity index (χ0v) is 16.6. The van der Waals surface area contributed by atoms with E-state index in [1.54, 1.807) is 7.11 Å². The molecule has 1 aliphatic rings. The number of carbonyl (C=O) groups excluding carboxylic acids is 1. The number of para-hydroxylation sites is 1. The van der Waals surface area contributed by atoms with Crippen molar-refractivity contribution in [1.29, 1.82) is 0 Å². The number of anilines is 1. The lowest BCUT2D eigenvalue weighted by Gasteiger charge is -2.36. The largest absolute Gasteiger partial charge is 0.497 e. The number of aryl methyl sites for hydroxylation is 1. The van der Waals surface area contributed by atoms with E-state index in [9.17, 15) is 9.59 Å². The molecule has 4 rings (SSSR count). The lowest BCUT2D eigenvalue weighted by molar-refractivity contribution is -0.131. The molecule has 1 fully saturated rings. The maximum Gasteiger partial charge on any atom is 0.251 e. The highest BCUT2D eigenvalue weighted by Gasteiger charge is 2.21. The van der Waals surface area contributed by atoms with Crippen molar-refractivity contribution < 1.29 is 9.53 Å². The minimum absolute atomic E-state index is 0.104. The molecular weight excluding hydrogens is 366 g/mol. The fraction of sp³-hybridized carbons (Fsp3) is 0.304. The Morgan fingerprint density at radius 2 is 1.76 bits per heavy atom. The van der Waals surface area contributed by atoms with Gasteiger partial charge in [-0.25, -0.2) is 0 Å². The van der Waals surface area contributed by atoms with Gasteiger partial charge >= 0.3 is 0 Å². The summed E-state index contributed by atoms with van der Waals surface area (Å²) in [5.41, 5.74) is 2.51. The third kappa shape index (κ3) is 4.26. The molecule has 1 aromatic heterocycles. The van der Waals surface area contributed by atoms with Gasteiger partial charge in [-0.05, 0) is 48.2 Å². The number of rotatable bonds is 5. The maximum absolute atomic E-state index is 12.7. The number of fused-ring (bicyclic) bond motifs is 1. The first-order chi connectivity index (χ1) is 14.1. The molecule has 1 aliphatic heterocycles. The van der Waals surface area contributed by atoms with Crippen molar-refractivity contribution in [3.05, 3.63) is 70.5 Å². The number of pyridine rings is 1. The first kappa shape index (κ1) is 19.1. The molecule has 0 atom stereocenters. The molecule has 2 heterocycles. The number of ether oxygens (including phenoxy) is 1. The molecule has 1 N–H and O–H groups in total. The summed E-state index contributed by atoms with van der Waals surface area (Å²) in [6.45, 7) is 2.99. The Labute approximate surface area is 169 Å². The van der Waals surface area contributed by atoms with Gasteiger partial charge in [0.25, 0.3) is 5.56 Å². The lowest BCUT2D eigenvalue weighted by Crippen LogP contribution is -2.48. The van der Waals surface area contributed by atoms with Crippen LogP contribution in [0, 0.1) is 0 Å². The summed E-state index contributed by atoms with van der Waals surface area (Å²) in [4.78, 5) is 32.0. The number of aromatic amines is 1. The van der Waals surface area contributed by atoms with Crippen LogP contribution in [0.1, 0.15) is 12.0 Å². The van der Waals surface area contributed by atoms with E-state index in [0.29, 0.717) is 31.5 Å². The summed E-state index contributed by atoms with van der Waals surface area (Å²) < 4.78 is 5.20. The number of aromatic nitrogens is 1. The van der Waals surface area contributed by atoms with E-state index in [1.165, 1.54) is 0 Å². The molecule has 1 amide bonds.